The van der Waals surface area contributed by atoms with Gasteiger partial charge in [-0.25, -0.2) is 4.98 Å². The van der Waals surface area contributed by atoms with Gasteiger partial charge < -0.3 is 4.74 Å². The van der Waals surface area contributed by atoms with Crippen molar-refractivity contribution in [3.8, 4) is 5.75 Å². The van der Waals surface area contributed by atoms with E-state index in [0.717, 1.165) is 0 Å². The number of aryl methyl sites for hydroxylation is 1. The number of hydrogen-bond donors (Lipinski definition) is 0. The Balaban J connectivity index is 2.85. The highest BCUT2D eigenvalue weighted by Gasteiger charge is 2.05. The van der Waals surface area contributed by atoms with E-state index >= 15 is 0 Å². The third-order valence-electron chi connectivity index (χ3n) is 1.12. The Hall–Kier alpha value is -0.900. The maximum absolute atomic E-state index is 11.7. The summed E-state index contributed by atoms with van der Waals surface area (Å²) >= 11 is 5.50. The molecule has 0 saturated heterocycles. The van der Waals surface area contributed by atoms with Crippen molar-refractivity contribution in [1.82, 2.24) is 4.98 Å². The molecule has 0 N–H and O–H groups in total. The minimum Gasteiger partial charge on any atom is -0.435 e. The minimum absolute atomic E-state index is 0.0301. The molecule has 0 bridgehead atoms. The van der Waals surface area contributed by atoms with E-state index in [4.69, 9.17) is 11.6 Å². The normalized spacial score (nSPS) is 10.4. The summed E-state index contributed by atoms with van der Waals surface area (Å²) in [5.41, 5.74) is 0.540. The van der Waals surface area contributed by atoms with Gasteiger partial charge in [0, 0.05) is 17.8 Å². The molecule has 0 aliphatic heterocycles. The summed E-state index contributed by atoms with van der Waals surface area (Å²) in [6.45, 7) is -1.19. The number of ether oxygens (including phenoxy) is 1. The van der Waals surface area contributed by atoms with E-state index in [1.807, 2.05) is 0 Å². The van der Waals surface area contributed by atoms with Gasteiger partial charge in [-0.1, -0.05) is 11.6 Å². The first-order valence-electron chi connectivity index (χ1n) is 3.17. The standard InChI is InChI=1S/C7H6ClF2NO/c1-4-2-5(12-7(9)10)3-6(8)11-4/h2-3,7H,1H3. The molecule has 1 aromatic rings. The van der Waals surface area contributed by atoms with Crippen LogP contribution in [0.4, 0.5) is 8.78 Å². The van der Waals surface area contributed by atoms with Gasteiger partial charge in [0.05, 0.1) is 0 Å². The van der Waals surface area contributed by atoms with E-state index in [9.17, 15) is 8.78 Å². The van der Waals surface area contributed by atoms with Gasteiger partial charge in [-0.3, -0.25) is 0 Å². The van der Waals surface area contributed by atoms with Crippen molar-refractivity contribution in [3.05, 3.63) is 23.0 Å². The van der Waals surface area contributed by atoms with Gasteiger partial charge >= 0.3 is 6.61 Å². The third-order valence-corrected chi connectivity index (χ3v) is 1.31. The largest absolute Gasteiger partial charge is 0.435 e. The predicted molar refractivity (Wildman–Crippen MR) is 40.6 cm³/mol. The highest BCUT2D eigenvalue weighted by atomic mass is 35.5. The summed E-state index contributed by atoms with van der Waals surface area (Å²) in [5.74, 6) is 0.0301. The Morgan fingerprint density at radius 2 is 2.17 bits per heavy atom. The summed E-state index contributed by atoms with van der Waals surface area (Å²) in [5, 5.41) is 0.144. The molecule has 0 spiro atoms. The van der Waals surface area contributed by atoms with Crippen molar-refractivity contribution in [2.45, 2.75) is 13.5 Å². The first-order valence-corrected chi connectivity index (χ1v) is 3.55. The fourth-order valence-corrected chi connectivity index (χ4v) is 1.01. The molecule has 0 saturated carbocycles. The number of halogens is 3. The summed E-state index contributed by atoms with van der Waals surface area (Å²) < 4.78 is 27.5. The van der Waals surface area contributed by atoms with Crippen LogP contribution in [-0.4, -0.2) is 11.6 Å². The van der Waals surface area contributed by atoms with Crippen molar-refractivity contribution in [2.24, 2.45) is 0 Å². The maximum Gasteiger partial charge on any atom is 0.387 e. The van der Waals surface area contributed by atoms with E-state index < -0.39 is 6.61 Å². The molecule has 0 amide bonds. The van der Waals surface area contributed by atoms with Crippen molar-refractivity contribution < 1.29 is 13.5 Å². The van der Waals surface area contributed by atoms with E-state index in [1.165, 1.54) is 12.1 Å². The van der Waals surface area contributed by atoms with Crippen LogP contribution in [0.25, 0.3) is 0 Å². The van der Waals surface area contributed by atoms with Crippen molar-refractivity contribution >= 4 is 11.6 Å². The van der Waals surface area contributed by atoms with Crippen LogP contribution in [0.1, 0.15) is 5.69 Å². The molecule has 1 heterocycles. The molecule has 5 heteroatoms. The van der Waals surface area contributed by atoms with Crippen molar-refractivity contribution in [3.63, 3.8) is 0 Å². The smallest absolute Gasteiger partial charge is 0.387 e. The van der Waals surface area contributed by atoms with Crippen LogP contribution in [-0.2, 0) is 0 Å². The zero-order valence-corrected chi connectivity index (χ0v) is 6.98. The second-order valence-corrected chi connectivity index (χ2v) is 2.53. The number of alkyl halides is 2. The summed E-state index contributed by atoms with van der Waals surface area (Å²) in [6.07, 6.45) is 0. The summed E-state index contributed by atoms with van der Waals surface area (Å²) in [7, 11) is 0. The van der Waals surface area contributed by atoms with Crippen LogP contribution >= 0.6 is 11.6 Å². The molecule has 0 aliphatic carbocycles. The monoisotopic (exact) mass is 193 g/mol. The number of rotatable bonds is 2. The fourth-order valence-electron chi connectivity index (χ4n) is 0.769. The molecule has 66 valence electrons. The Bertz CT molecular complexity index is 260. The number of hydrogen-bond acceptors (Lipinski definition) is 2. The number of pyridine rings is 1. The topological polar surface area (TPSA) is 22.1 Å². The quantitative estimate of drug-likeness (QED) is 0.674. The average Bonchev–Trinajstić information content (AvgIpc) is 1.81. The van der Waals surface area contributed by atoms with Gasteiger partial charge in [-0.2, -0.15) is 8.78 Å². The molecule has 0 unspecified atom stereocenters. The molecule has 1 rings (SSSR count). The lowest BCUT2D eigenvalue weighted by molar-refractivity contribution is -0.0499. The molecule has 1 aromatic heterocycles. The minimum atomic E-state index is -2.83. The molecule has 2 nitrogen and oxygen atoms in total. The van der Waals surface area contributed by atoms with Gasteiger partial charge in [0.25, 0.3) is 0 Å². The van der Waals surface area contributed by atoms with E-state index in [-0.39, 0.29) is 10.9 Å². The second kappa shape index (κ2) is 3.67. The molecule has 0 aliphatic rings. The number of aromatic nitrogens is 1. The van der Waals surface area contributed by atoms with E-state index in [0.29, 0.717) is 5.69 Å². The SMILES string of the molecule is Cc1cc(OC(F)F)cc(Cl)n1. The third kappa shape index (κ3) is 2.62. The van der Waals surface area contributed by atoms with E-state index in [1.54, 1.807) is 6.92 Å². The van der Waals surface area contributed by atoms with Gasteiger partial charge in [-0.05, 0) is 6.92 Å². The summed E-state index contributed by atoms with van der Waals surface area (Å²) in [4.78, 5) is 3.78. The fraction of sp³-hybridized carbons (Fsp3) is 0.286. The van der Waals surface area contributed by atoms with Gasteiger partial charge in [-0.15, -0.1) is 0 Å². The highest BCUT2D eigenvalue weighted by Crippen LogP contribution is 2.18. The summed E-state index contributed by atoms with van der Waals surface area (Å²) in [6, 6.07) is 2.62. The Kier molecular flexibility index (Phi) is 2.81. The van der Waals surface area contributed by atoms with Crippen molar-refractivity contribution in [1.29, 1.82) is 0 Å². The van der Waals surface area contributed by atoms with Gasteiger partial charge in [0.2, 0.25) is 0 Å². The average molecular weight is 194 g/mol. The zero-order valence-electron chi connectivity index (χ0n) is 6.22. The molecular formula is C7H6ClF2NO. The van der Waals surface area contributed by atoms with Crippen LogP contribution in [0.5, 0.6) is 5.75 Å². The van der Waals surface area contributed by atoms with Crippen LogP contribution in [0.3, 0.4) is 0 Å². The second-order valence-electron chi connectivity index (χ2n) is 2.15. The maximum atomic E-state index is 11.7. The molecule has 0 atom stereocenters. The predicted octanol–water partition coefficient (Wildman–Crippen LogP) is 2.64. The zero-order chi connectivity index (χ0) is 9.14. The van der Waals surface area contributed by atoms with Crippen LogP contribution in [0, 0.1) is 6.92 Å². The van der Waals surface area contributed by atoms with Gasteiger partial charge in [0.15, 0.2) is 0 Å². The Morgan fingerprint density at radius 3 is 2.67 bits per heavy atom. The lowest BCUT2D eigenvalue weighted by Crippen LogP contribution is -2.02. The van der Waals surface area contributed by atoms with Crippen LogP contribution in [0.2, 0.25) is 5.15 Å². The lowest BCUT2D eigenvalue weighted by Gasteiger charge is -2.04. The number of nitrogens with zero attached hydrogens (tertiary/aromatic N) is 1. The Morgan fingerprint density at radius 1 is 1.50 bits per heavy atom. The Labute approximate surface area is 73.1 Å². The lowest BCUT2D eigenvalue weighted by atomic mass is 10.4. The molecule has 0 aromatic carbocycles. The van der Waals surface area contributed by atoms with Crippen LogP contribution < -0.4 is 4.74 Å². The first kappa shape index (κ1) is 9.19. The van der Waals surface area contributed by atoms with Gasteiger partial charge in [0.1, 0.15) is 10.9 Å². The molecule has 12 heavy (non-hydrogen) atoms. The van der Waals surface area contributed by atoms with E-state index in [2.05, 4.69) is 9.72 Å². The molecule has 0 radical (unpaired) electrons. The van der Waals surface area contributed by atoms with Crippen LogP contribution in [0.15, 0.2) is 12.1 Å². The highest BCUT2D eigenvalue weighted by molar-refractivity contribution is 6.29. The molecule has 0 fully saturated rings. The molecular weight excluding hydrogens is 188 g/mol. The van der Waals surface area contributed by atoms with Crippen molar-refractivity contribution in [2.75, 3.05) is 0 Å². The first-order chi connectivity index (χ1) is 5.58.